The molecular weight excluding hydrogens is 238 g/mol. The van der Waals surface area contributed by atoms with E-state index in [4.69, 9.17) is 4.98 Å². The molecule has 2 aromatic heterocycles. The second-order valence-corrected chi connectivity index (χ2v) is 5.32. The van der Waals surface area contributed by atoms with Gasteiger partial charge >= 0.3 is 0 Å². The summed E-state index contributed by atoms with van der Waals surface area (Å²) in [5, 5.41) is 3.36. The number of nitrogens with zero attached hydrogens (tertiary/aromatic N) is 4. The van der Waals surface area contributed by atoms with E-state index in [1.165, 1.54) is 24.1 Å². The Morgan fingerprint density at radius 1 is 1.05 bits per heavy atom. The monoisotopic (exact) mass is 253 g/mol. The van der Waals surface area contributed by atoms with Crippen molar-refractivity contribution in [1.29, 1.82) is 0 Å². The van der Waals surface area contributed by atoms with Gasteiger partial charge in [-0.3, -0.25) is 0 Å². The minimum absolute atomic E-state index is 0.626. The Hall–Kier alpha value is -1.88. The number of rotatable bonds is 2. The summed E-state index contributed by atoms with van der Waals surface area (Å²) < 4.78 is 0. The molecule has 1 aliphatic heterocycles. The first-order valence-corrected chi connectivity index (χ1v) is 6.70. The number of hydrogen-bond acceptors (Lipinski definition) is 5. The fourth-order valence-electron chi connectivity index (χ4n) is 2.50. The summed E-state index contributed by atoms with van der Waals surface area (Å²) in [5.41, 5.74) is 4.69. The van der Waals surface area contributed by atoms with Crippen LogP contribution in [0.25, 0.3) is 11.6 Å². The molecule has 0 saturated heterocycles. The maximum absolute atomic E-state index is 4.73. The second kappa shape index (κ2) is 4.06. The van der Waals surface area contributed by atoms with E-state index in [2.05, 4.69) is 20.3 Å². The van der Waals surface area contributed by atoms with Crippen LogP contribution in [0.1, 0.15) is 41.3 Å². The Morgan fingerprint density at radius 3 is 2.58 bits per heavy atom. The third-order valence-electron chi connectivity index (χ3n) is 3.66. The Morgan fingerprint density at radius 2 is 1.84 bits per heavy atom. The first-order valence-electron chi connectivity index (χ1n) is 6.70. The molecule has 0 spiro atoms. The van der Waals surface area contributed by atoms with Crippen molar-refractivity contribution in [2.75, 3.05) is 0 Å². The summed E-state index contributed by atoms with van der Waals surface area (Å²) in [6.45, 7) is 3.71. The highest BCUT2D eigenvalue weighted by atomic mass is 15.0. The van der Waals surface area contributed by atoms with Crippen molar-refractivity contribution in [3.05, 3.63) is 34.9 Å². The van der Waals surface area contributed by atoms with Gasteiger partial charge in [-0.15, -0.1) is 0 Å². The molecule has 5 nitrogen and oxygen atoms in total. The molecule has 96 valence electrons. The van der Waals surface area contributed by atoms with Crippen molar-refractivity contribution in [2.45, 2.75) is 38.8 Å². The smallest absolute Gasteiger partial charge is 0.198 e. The van der Waals surface area contributed by atoms with Crippen molar-refractivity contribution in [3.8, 4) is 11.6 Å². The van der Waals surface area contributed by atoms with E-state index in [1.807, 2.05) is 19.3 Å². The van der Waals surface area contributed by atoms with E-state index in [0.29, 0.717) is 17.6 Å². The third kappa shape index (κ3) is 1.90. The van der Waals surface area contributed by atoms with Gasteiger partial charge in [0.05, 0.1) is 11.4 Å². The molecule has 0 unspecified atom stereocenters. The van der Waals surface area contributed by atoms with Gasteiger partial charge in [0.15, 0.2) is 11.6 Å². The molecule has 2 aliphatic rings. The lowest BCUT2D eigenvalue weighted by Crippen LogP contribution is -2.04. The highest BCUT2D eigenvalue weighted by Gasteiger charge is 2.31. The molecule has 19 heavy (non-hydrogen) atoms. The zero-order valence-corrected chi connectivity index (χ0v) is 10.8. The summed E-state index contributed by atoms with van der Waals surface area (Å²) in [5.74, 6) is 1.92. The first kappa shape index (κ1) is 11.0. The molecule has 0 radical (unpaired) electrons. The van der Waals surface area contributed by atoms with Crippen molar-refractivity contribution >= 4 is 0 Å². The zero-order chi connectivity index (χ0) is 12.8. The van der Waals surface area contributed by atoms with E-state index in [0.717, 1.165) is 24.3 Å². The number of aryl methyl sites for hydroxylation is 1. The predicted octanol–water partition coefficient (Wildman–Crippen LogP) is 1.72. The third-order valence-corrected chi connectivity index (χ3v) is 3.66. The van der Waals surface area contributed by atoms with Gasteiger partial charge in [-0.05, 0) is 25.3 Å². The molecule has 0 atom stereocenters. The summed E-state index contributed by atoms with van der Waals surface area (Å²) >= 11 is 0. The van der Waals surface area contributed by atoms with Crippen LogP contribution in [0.4, 0.5) is 0 Å². The Labute approximate surface area is 111 Å². The van der Waals surface area contributed by atoms with E-state index < -0.39 is 0 Å². The molecule has 0 aromatic carbocycles. The topological polar surface area (TPSA) is 63.6 Å². The molecule has 5 heteroatoms. The number of aromatic nitrogens is 4. The molecule has 1 fully saturated rings. The van der Waals surface area contributed by atoms with Crippen LogP contribution < -0.4 is 5.32 Å². The number of hydrogen-bond donors (Lipinski definition) is 1. The predicted molar refractivity (Wildman–Crippen MR) is 70.3 cm³/mol. The molecule has 4 rings (SSSR count). The largest absolute Gasteiger partial charge is 0.307 e. The fraction of sp³-hybridized carbons (Fsp3) is 0.429. The van der Waals surface area contributed by atoms with Crippen LogP contribution in [-0.4, -0.2) is 19.9 Å². The SMILES string of the molecule is Cc1cnc(-c2nc3c(c(C4CC4)n2)CNC3)nc1. The van der Waals surface area contributed by atoms with Crippen molar-refractivity contribution in [2.24, 2.45) is 0 Å². The van der Waals surface area contributed by atoms with Crippen LogP contribution in [0.15, 0.2) is 12.4 Å². The van der Waals surface area contributed by atoms with Gasteiger partial charge in [0.1, 0.15) is 0 Å². The number of fused-ring (bicyclic) bond motifs is 1. The fourth-order valence-corrected chi connectivity index (χ4v) is 2.50. The Kier molecular flexibility index (Phi) is 2.35. The Bertz CT molecular complexity index is 631. The van der Waals surface area contributed by atoms with Crippen LogP contribution >= 0.6 is 0 Å². The molecule has 0 bridgehead atoms. The molecule has 1 aliphatic carbocycles. The maximum Gasteiger partial charge on any atom is 0.198 e. The average Bonchev–Trinajstić information content (AvgIpc) is 3.16. The Balaban J connectivity index is 1.84. The number of nitrogens with one attached hydrogen (secondary N) is 1. The second-order valence-electron chi connectivity index (χ2n) is 5.32. The van der Waals surface area contributed by atoms with Crippen LogP contribution in [0.5, 0.6) is 0 Å². The molecule has 1 N–H and O–H groups in total. The van der Waals surface area contributed by atoms with Gasteiger partial charge in [0, 0.05) is 37.0 Å². The summed E-state index contributed by atoms with van der Waals surface area (Å²) in [7, 11) is 0. The van der Waals surface area contributed by atoms with Gasteiger partial charge in [0.25, 0.3) is 0 Å². The van der Waals surface area contributed by atoms with Crippen LogP contribution in [0.3, 0.4) is 0 Å². The normalized spacial score (nSPS) is 17.5. The quantitative estimate of drug-likeness (QED) is 0.883. The minimum Gasteiger partial charge on any atom is -0.307 e. The molecule has 3 heterocycles. The van der Waals surface area contributed by atoms with Gasteiger partial charge < -0.3 is 5.32 Å². The van der Waals surface area contributed by atoms with Gasteiger partial charge in [-0.1, -0.05) is 0 Å². The van der Waals surface area contributed by atoms with Crippen LogP contribution in [0, 0.1) is 6.92 Å². The summed E-state index contributed by atoms with van der Waals surface area (Å²) in [6, 6.07) is 0. The van der Waals surface area contributed by atoms with Crippen molar-refractivity contribution in [1.82, 2.24) is 25.3 Å². The lowest BCUT2D eigenvalue weighted by molar-refractivity contribution is 0.755. The maximum atomic E-state index is 4.73. The molecule has 1 saturated carbocycles. The lowest BCUT2D eigenvalue weighted by atomic mass is 10.1. The van der Waals surface area contributed by atoms with Crippen LogP contribution in [0.2, 0.25) is 0 Å². The first-order chi connectivity index (χ1) is 9.31. The van der Waals surface area contributed by atoms with Gasteiger partial charge in [-0.2, -0.15) is 0 Å². The van der Waals surface area contributed by atoms with Crippen molar-refractivity contribution in [3.63, 3.8) is 0 Å². The average molecular weight is 253 g/mol. The highest BCUT2D eigenvalue weighted by Crippen LogP contribution is 2.42. The zero-order valence-electron chi connectivity index (χ0n) is 10.8. The van der Waals surface area contributed by atoms with E-state index in [1.54, 1.807) is 0 Å². The molecule has 2 aromatic rings. The van der Waals surface area contributed by atoms with Gasteiger partial charge in [-0.25, -0.2) is 19.9 Å². The van der Waals surface area contributed by atoms with E-state index in [-0.39, 0.29) is 0 Å². The summed E-state index contributed by atoms with van der Waals surface area (Å²) in [6.07, 6.45) is 6.12. The van der Waals surface area contributed by atoms with Crippen molar-refractivity contribution < 1.29 is 0 Å². The van der Waals surface area contributed by atoms with Crippen LogP contribution in [-0.2, 0) is 13.1 Å². The molecule has 0 amide bonds. The standard InChI is InChI=1S/C14H15N5/c1-8-4-16-13(17-5-8)14-18-11-7-15-6-10(11)12(19-14)9-2-3-9/h4-5,9,15H,2-3,6-7H2,1H3. The minimum atomic E-state index is 0.626. The summed E-state index contributed by atoms with van der Waals surface area (Å²) in [4.78, 5) is 18.0. The lowest BCUT2D eigenvalue weighted by Gasteiger charge is -2.08. The highest BCUT2D eigenvalue weighted by molar-refractivity contribution is 5.47. The van der Waals surface area contributed by atoms with Gasteiger partial charge in [0.2, 0.25) is 0 Å². The molecular formula is C14H15N5. The van der Waals surface area contributed by atoms with E-state index >= 15 is 0 Å². The van der Waals surface area contributed by atoms with E-state index in [9.17, 15) is 0 Å².